The maximum absolute atomic E-state index is 12.8. The number of hydrogen-bond donors (Lipinski definition) is 2. The lowest BCUT2D eigenvalue weighted by Crippen LogP contribution is -2.11. The Morgan fingerprint density at radius 1 is 1.12 bits per heavy atom. The third-order valence-electron chi connectivity index (χ3n) is 4.03. The van der Waals surface area contributed by atoms with Crippen molar-refractivity contribution in [1.82, 2.24) is 24.7 Å². The van der Waals surface area contributed by atoms with E-state index in [0.717, 1.165) is 5.56 Å². The van der Waals surface area contributed by atoms with Crippen LogP contribution in [0.2, 0.25) is 0 Å². The van der Waals surface area contributed by atoms with Crippen LogP contribution < -0.4 is 10.3 Å². The van der Waals surface area contributed by atoms with Crippen molar-refractivity contribution in [3.8, 4) is 28.5 Å². The Morgan fingerprint density at radius 2 is 1.88 bits per heavy atom. The number of methoxy groups -OCH3 is 1. The summed E-state index contributed by atoms with van der Waals surface area (Å²) in [7, 11) is 3.27. The molecule has 4 aromatic rings. The number of ether oxygens (including phenoxy) is 1. The van der Waals surface area contributed by atoms with Crippen LogP contribution in [-0.2, 0) is 7.05 Å². The number of fused-ring (bicyclic) bond motifs is 1. The van der Waals surface area contributed by atoms with Gasteiger partial charge >= 0.3 is 0 Å². The minimum atomic E-state index is -0.269. The molecule has 8 heteroatoms. The molecule has 4 rings (SSSR count). The quantitative estimate of drug-likeness (QED) is 0.545. The second-order valence-corrected chi connectivity index (χ2v) is 6.14. The second-order valence-electron chi connectivity index (χ2n) is 5.68. The van der Waals surface area contributed by atoms with Gasteiger partial charge in [-0.1, -0.05) is 30.3 Å². The molecule has 7 nitrogen and oxygen atoms in total. The van der Waals surface area contributed by atoms with E-state index in [1.165, 1.54) is 7.11 Å². The number of aryl methyl sites for hydroxylation is 1. The molecule has 0 atom stereocenters. The van der Waals surface area contributed by atoms with Crippen molar-refractivity contribution in [2.45, 2.75) is 5.03 Å². The molecule has 0 saturated carbocycles. The van der Waals surface area contributed by atoms with E-state index in [9.17, 15) is 4.79 Å². The normalized spacial score (nSPS) is 11.0. The first kappa shape index (κ1) is 16.3. The highest BCUT2D eigenvalue weighted by Gasteiger charge is 2.19. The Balaban J connectivity index is 1.97. The molecule has 0 amide bonds. The fourth-order valence-corrected chi connectivity index (χ4v) is 3.01. The molecule has 0 bridgehead atoms. The average Bonchev–Trinajstić information content (AvgIpc) is 2.99. The van der Waals surface area contributed by atoms with Gasteiger partial charge < -0.3 is 9.72 Å². The van der Waals surface area contributed by atoms with Gasteiger partial charge in [-0.2, -0.15) is 5.10 Å². The SMILES string of the molecule is COc1nc(S)ccc1-c1nc2c(c(-c3ccccc3)nn2C)c(=O)[nH]1. The maximum atomic E-state index is 12.8. The molecule has 0 aliphatic heterocycles. The molecular formula is C18H15N5O2S. The summed E-state index contributed by atoms with van der Waals surface area (Å²) in [6, 6.07) is 13.0. The maximum Gasteiger partial charge on any atom is 0.262 e. The van der Waals surface area contributed by atoms with Crippen LogP contribution in [0.1, 0.15) is 0 Å². The minimum absolute atomic E-state index is 0.269. The van der Waals surface area contributed by atoms with Crippen LogP contribution >= 0.6 is 12.6 Å². The molecule has 0 spiro atoms. The minimum Gasteiger partial charge on any atom is -0.480 e. The largest absolute Gasteiger partial charge is 0.480 e. The van der Waals surface area contributed by atoms with E-state index in [2.05, 4.69) is 32.7 Å². The summed E-state index contributed by atoms with van der Waals surface area (Å²) in [5, 5.41) is 5.45. The highest BCUT2D eigenvalue weighted by atomic mass is 32.1. The van der Waals surface area contributed by atoms with Gasteiger partial charge in [0.05, 0.1) is 17.7 Å². The zero-order valence-corrected chi connectivity index (χ0v) is 15.0. The highest BCUT2D eigenvalue weighted by molar-refractivity contribution is 7.80. The number of aromatic amines is 1. The predicted molar refractivity (Wildman–Crippen MR) is 102 cm³/mol. The number of benzene rings is 1. The standard InChI is InChI=1S/C18H15N5O2S/c1-23-16-13(14(22-23)10-6-4-3-5-7-10)17(24)21-15(20-16)11-8-9-12(26)19-18(11)25-2/h3-9H,1-2H3,(H,19,26)(H,20,21,24). The molecule has 0 radical (unpaired) electrons. The molecule has 130 valence electrons. The first-order valence-corrected chi connectivity index (χ1v) is 8.30. The number of nitrogens with one attached hydrogen (secondary N) is 1. The molecule has 1 N–H and O–H groups in total. The molecule has 0 aliphatic rings. The molecule has 0 saturated heterocycles. The van der Waals surface area contributed by atoms with Crippen LogP contribution in [0.5, 0.6) is 5.88 Å². The smallest absolute Gasteiger partial charge is 0.262 e. The molecule has 1 aromatic carbocycles. The van der Waals surface area contributed by atoms with Crippen LogP contribution in [0, 0.1) is 0 Å². The van der Waals surface area contributed by atoms with Crippen LogP contribution in [0.15, 0.2) is 52.3 Å². The summed E-state index contributed by atoms with van der Waals surface area (Å²) in [4.78, 5) is 24.4. The summed E-state index contributed by atoms with van der Waals surface area (Å²) in [5.41, 5.74) is 2.25. The molecule has 26 heavy (non-hydrogen) atoms. The Labute approximate surface area is 154 Å². The number of hydrogen-bond acceptors (Lipinski definition) is 6. The van der Waals surface area contributed by atoms with Crippen LogP contribution in [0.3, 0.4) is 0 Å². The van der Waals surface area contributed by atoms with E-state index in [1.807, 2.05) is 30.3 Å². The lowest BCUT2D eigenvalue weighted by atomic mass is 10.1. The van der Waals surface area contributed by atoms with Crippen LogP contribution in [-0.4, -0.2) is 31.8 Å². The van der Waals surface area contributed by atoms with E-state index in [1.54, 1.807) is 23.9 Å². The molecule has 0 unspecified atom stereocenters. The van der Waals surface area contributed by atoms with Crippen molar-refractivity contribution in [3.05, 3.63) is 52.8 Å². The van der Waals surface area contributed by atoms with Gasteiger partial charge in [0.1, 0.15) is 16.9 Å². The monoisotopic (exact) mass is 365 g/mol. The molecular weight excluding hydrogens is 350 g/mol. The highest BCUT2D eigenvalue weighted by Crippen LogP contribution is 2.29. The molecule has 0 fully saturated rings. The van der Waals surface area contributed by atoms with Gasteiger partial charge in [-0.05, 0) is 12.1 Å². The van der Waals surface area contributed by atoms with Crippen molar-refractivity contribution >= 4 is 23.7 Å². The second kappa shape index (κ2) is 6.30. The molecule has 3 aromatic heterocycles. The van der Waals surface area contributed by atoms with E-state index in [4.69, 9.17) is 4.74 Å². The van der Waals surface area contributed by atoms with Gasteiger partial charge in [0.2, 0.25) is 5.88 Å². The van der Waals surface area contributed by atoms with E-state index >= 15 is 0 Å². The van der Waals surface area contributed by atoms with E-state index < -0.39 is 0 Å². The number of H-pyrrole nitrogens is 1. The zero-order chi connectivity index (χ0) is 18.3. The Morgan fingerprint density at radius 3 is 2.62 bits per heavy atom. The number of aromatic nitrogens is 5. The van der Waals surface area contributed by atoms with Crippen molar-refractivity contribution in [2.24, 2.45) is 7.05 Å². The third kappa shape index (κ3) is 2.64. The first-order chi connectivity index (χ1) is 12.6. The lowest BCUT2D eigenvalue weighted by Gasteiger charge is -2.07. The van der Waals surface area contributed by atoms with Crippen molar-refractivity contribution in [2.75, 3.05) is 7.11 Å². The van der Waals surface area contributed by atoms with Gasteiger partial charge in [0.15, 0.2) is 5.65 Å². The van der Waals surface area contributed by atoms with Crippen LogP contribution in [0.25, 0.3) is 33.7 Å². The number of nitrogens with zero attached hydrogens (tertiary/aromatic N) is 4. The van der Waals surface area contributed by atoms with E-state index in [0.29, 0.717) is 39.0 Å². The summed E-state index contributed by atoms with van der Waals surface area (Å²) >= 11 is 4.21. The van der Waals surface area contributed by atoms with Gasteiger partial charge in [0, 0.05) is 12.6 Å². The Kier molecular flexibility index (Phi) is 3.96. The third-order valence-corrected chi connectivity index (χ3v) is 4.28. The van der Waals surface area contributed by atoms with Crippen molar-refractivity contribution in [1.29, 1.82) is 0 Å². The van der Waals surface area contributed by atoms with Gasteiger partial charge in [-0.25, -0.2) is 14.6 Å². The molecule has 0 aliphatic carbocycles. The van der Waals surface area contributed by atoms with Crippen molar-refractivity contribution in [3.63, 3.8) is 0 Å². The topological polar surface area (TPSA) is 85.7 Å². The zero-order valence-electron chi connectivity index (χ0n) is 14.1. The Hall–Kier alpha value is -3.13. The number of thiol groups is 1. The molecule has 3 heterocycles. The predicted octanol–water partition coefficient (Wildman–Crippen LogP) is 2.68. The van der Waals surface area contributed by atoms with Gasteiger partial charge in [-0.15, -0.1) is 12.6 Å². The fraction of sp³-hybridized carbons (Fsp3) is 0.111. The average molecular weight is 365 g/mol. The van der Waals surface area contributed by atoms with Crippen LogP contribution in [0.4, 0.5) is 0 Å². The summed E-state index contributed by atoms with van der Waals surface area (Å²) in [6.07, 6.45) is 0. The lowest BCUT2D eigenvalue weighted by molar-refractivity contribution is 0.396. The van der Waals surface area contributed by atoms with Crippen molar-refractivity contribution < 1.29 is 4.74 Å². The number of rotatable bonds is 3. The fourth-order valence-electron chi connectivity index (χ4n) is 2.85. The van der Waals surface area contributed by atoms with E-state index in [-0.39, 0.29) is 5.56 Å². The summed E-state index contributed by atoms with van der Waals surface area (Å²) < 4.78 is 6.89. The number of pyridine rings is 1. The Bertz CT molecular complexity index is 1170. The van der Waals surface area contributed by atoms with Gasteiger partial charge in [-0.3, -0.25) is 4.79 Å². The van der Waals surface area contributed by atoms with Gasteiger partial charge in [0.25, 0.3) is 5.56 Å². The summed E-state index contributed by atoms with van der Waals surface area (Å²) in [6.45, 7) is 0. The summed E-state index contributed by atoms with van der Waals surface area (Å²) in [5.74, 6) is 0.702. The first-order valence-electron chi connectivity index (χ1n) is 7.85.